The van der Waals surface area contributed by atoms with Crippen molar-refractivity contribution < 1.29 is 32.3 Å². The summed E-state index contributed by atoms with van der Waals surface area (Å²) >= 11 is 0. The summed E-state index contributed by atoms with van der Waals surface area (Å²) in [6.07, 6.45) is 3.50. The molecule has 0 spiro atoms. The number of carboxylic acid groups (broad SMARTS) is 1. The number of benzene rings is 2. The first-order valence-electron chi connectivity index (χ1n) is 11.3. The number of carbonyl (C=O) groups is 2. The molecule has 0 fully saturated rings. The number of furan rings is 1. The standard InChI is InChI=1S/C24H30N2O7S/c1-4-5-6-7-12-32-24(29)25-16-8-11-20-19(13-16)18-10-9-17(14-21(18)33-20)34(30,31)26-22(15(2)3)23(27)28/h8-11,13-15,22,26H,4-7,12H2,1-3H3,(H,25,29)(H,27,28)/t22-/m0/s1. The maximum Gasteiger partial charge on any atom is 0.411 e. The van der Waals surface area contributed by atoms with Gasteiger partial charge in [-0.2, -0.15) is 4.72 Å². The maximum absolute atomic E-state index is 12.8. The molecule has 0 bridgehead atoms. The lowest BCUT2D eigenvalue weighted by Crippen LogP contribution is -2.44. The number of sulfonamides is 1. The summed E-state index contributed by atoms with van der Waals surface area (Å²) in [5.41, 5.74) is 1.36. The molecule has 1 heterocycles. The maximum atomic E-state index is 12.8. The number of rotatable bonds is 11. The van der Waals surface area contributed by atoms with E-state index < -0.39 is 34.0 Å². The molecular weight excluding hydrogens is 460 g/mol. The van der Waals surface area contributed by atoms with Gasteiger partial charge in [0.2, 0.25) is 10.0 Å². The van der Waals surface area contributed by atoms with E-state index >= 15 is 0 Å². The number of unbranched alkanes of at least 4 members (excludes halogenated alkanes) is 3. The quantitative estimate of drug-likeness (QED) is 0.318. The first-order chi connectivity index (χ1) is 16.1. The van der Waals surface area contributed by atoms with Crippen molar-refractivity contribution >= 4 is 49.7 Å². The van der Waals surface area contributed by atoms with Crippen LogP contribution >= 0.6 is 0 Å². The minimum atomic E-state index is -4.08. The summed E-state index contributed by atoms with van der Waals surface area (Å²) in [6.45, 7) is 5.71. The number of carbonyl (C=O) groups excluding carboxylic acids is 1. The number of fused-ring (bicyclic) bond motifs is 3. The zero-order chi connectivity index (χ0) is 24.9. The van der Waals surface area contributed by atoms with E-state index in [2.05, 4.69) is 17.0 Å². The van der Waals surface area contributed by atoms with Crippen LogP contribution in [-0.2, 0) is 19.6 Å². The predicted octanol–water partition coefficient (Wildman–Crippen LogP) is 5.10. The lowest BCUT2D eigenvalue weighted by atomic mass is 10.1. The lowest BCUT2D eigenvalue weighted by Gasteiger charge is -2.17. The van der Waals surface area contributed by atoms with Gasteiger partial charge in [0.1, 0.15) is 17.2 Å². The van der Waals surface area contributed by atoms with Gasteiger partial charge in [-0.05, 0) is 42.7 Å². The van der Waals surface area contributed by atoms with E-state index in [0.717, 1.165) is 25.7 Å². The highest BCUT2D eigenvalue weighted by Gasteiger charge is 2.28. The smallest absolute Gasteiger partial charge is 0.411 e. The number of carboxylic acids is 1. The van der Waals surface area contributed by atoms with Crippen LogP contribution in [0, 0.1) is 5.92 Å². The van der Waals surface area contributed by atoms with Crippen LogP contribution in [0.4, 0.5) is 10.5 Å². The van der Waals surface area contributed by atoms with E-state index in [9.17, 15) is 23.1 Å². The van der Waals surface area contributed by atoms with E-state index in [-0.39, 0.29) is 4.90 Å². The molecule has 3 N–H and O–H groups in total. The number of aliphatic carboxylic acids is 1. The van der Waals surface area contributed by atoms with Gasteiger partial charge in [-0.1, -0.05) is 40.0 Å². The van der Waals surface area contributed by atoms with Crippen LogP contribution in [0.15, 0.2) is 45.7 Å². The average molecular weight is 491 g/mol. The van der Waals surface area contributed by atoms with Crippen LogP contribution in [0.2, 0.25) is 0 Å². The molecule has 0 aliphatic rings. The van der Waals surface area contributed by atoms with E-state index in [1.165, 1.54) is 12.1 Å². The summed E-state index contributed by atoms with van der Waals surface area (Å²) in [5.74, 6) is -1.68. The Morgan fingerprint density at radius 3 is 2.47 bits per heavy atom. The molecule has 0 radical (unpaired) electrons. The molecule has 0 aliphatic carbocycles. The summed E-state index contributed by atoms with van der Waals surface area (Å²) < 4.78 is 38.7. The molecule has 9 nitrogen and oxygen atoms in total. The molecule has 0 saturated heterocycles. The predicted molar refractivity (Wildman–Crippen MR) is 129 cm³/mol. The fourth-order valence-electron chi connectivity index (χ4n) is 3.56. The highest BCUT2D eigenvalue weighted by Crippen LogP contribution is 2.32. The summed E-state index contributed by atoms with van der Waals surface area (Å²) in [4.78, 5) is 23.4. The van der Waals surface area contributed by atoms with Crippen LogP contribution in [0.5, 0.6) is 0 Å². The van der Waals surface area contributed by atoms with Crippen LogP contribution < -0.4 is 10.0 Å². The minimum absolute atomic E-state index is 0.101. The molecule has 3 aromatic rings. The van der Waals surface area contributed by atoms with Crippen molar-refractivity contribution in [2.75, 3.05) is 11.9 Å². The molecule has 10 heteroatoms. The number of nitrogens with one attached hydrogen (secondary N) is 2. The van der Waals surface area contributed by atoms with E-state index in [1.807, 2.05) is 0 Å². The third-order valence-electron chi connectivity index (χ3n) is 5.45. The molecule has 1 aromatic heterocycles. The molecule has 2 aromatic carbocycles. The van der Waals surface area contributed by atoms with E-state index in [4.69, 9.17) is 9.15 Å². The summed E-state index contributed by atoms with van der Waals surface area (Å²) in [5, 5.41) is 13.4. The van der Waals surface area contributed by atoms with Gasteiger partial charge in [0.05, 0.1) is 11.5 Å². The molecule has 184 valence electrons. The Morgan fingerprint density at radius 1 is 1.03 bits per heavy atom. The van der Waals surface area contributed by atoms with Crippen molar-refractivity contribution in [2.45, 2.75) is 57.4 Å². The van der Waals surface area contributed by atoms with Gasteiger partial charge in [0.25, 0.3) is 0 Å². The number of ether oxygens (including phenoxy) is 1. The zero-order valence-electron chi connectivity index (χ0n) is 19.5. The fraction of sp³-hybridized carbons (Fsp3) is 0.417. The van der Waals surface area contributed by atoms with E-state index in [1.54, 1.807) is 38.1 Å². The second-order valence-corrected chi connectivity index (χ2v) is 10.2. The first-order valence-corrected chi connectivity index (χ1v) is 12.8. The molecule has 0 aliphatic heterocycles. The Hall–Kier alpha value is -3.11. The van der Waals surface area contributed by atoms with Crippen LogP contribution in [0.1, 0.15) is 46.5 Å². The molecule has 0 saturated carbocycles. The van der Waals surface area contributed by atoms with Gasteiger partial charge < -0.3 is 14.3 Å². The zero-order valence-corrected chi connectivity index (χ0v) is 20.3. The first kappa shape index (κ1) is 25.5. The van der Waals surface area contributed by atoms with Gasteiger partial charge in [0, 0.05) is 22.5 Å². The number of hydrogen-bond donors (Lipinski definition) is 3. The third-order valence-corrected chi connectivity index (χ3v) is 6.88. The van der Waals surface area contributed by atoms with Gasteiger partial charge in [-0.3, -0.25) is 10.1 Å². The van der Waals surface area contributed by atoms with Crippen molar-refractivity contribution in [3.63, 3.8) is 0 Å². The molecule has 1 atom stereocenters. The lowest BCUT2D eigenvalue weighted by molar-refractivity contribution is -0.140. The Balaban J connectivity index is 1.79. The van der Waals surface area contributed by atoms with Gasteiger partial charge in [-0.25, -0.2) is 13.2 Å². The Kier molecular flexibility index (Phi) is 8.16. The van der Waals surface area contributed by atoms with Crippen molar-refractivity contribution in [2.24, 2.45) is 5.92 Å². The summed E-state index contributed by atoms with van der Waals surface area (Å²) in [6, 6.07) is 8.16. The van der Waals surface area contributed by atoms with Crippen LogP contribution in [0.25, 0.3) is 21.9 Å². The monoisotopic (exact) mass is 490 g/mol. The Labute approximate surface area is 198 Å². The van der Waals surface area contributed by atoms with Crippen molar-refractivity contribution in [1.82, 2.24) is 4.72 Å². The highest BCUT2D eigenvalue weighted by molar-refractivity contribution is 7.89. The Morgan fingerprint density at radius 2 is 1.79 bits per heavy atom. The molecule has 34 heavy (non-hydrogen) atoms. The minimum Gasteiger partial charge on any atom is -0.480 e. The van der Waals surface area contributed by atoms with Crippen molar-refractivity contribution in [3.05, 3.63) is 36.4 Å². The largest absolute Gasteiger partial charge is 0.480 e. The van der Waals surface area contributed by atoms with Crippen LogP contribution in [-0.4, -0.2) is 38.2 Å². The number of hydrogen-bond acceptors (Lipinski definition) is 6. The number of amides is 1. The highest BCUT2D eigenvalue weighted by atomic mass is 32.2. The molecule has 3 rings (SSSR count). The molecule has 1 amide bonds. The SMILES string of the molecule is CCCCCCOC(=O)Nc1ccc2oc3cc(S(=O)(=O)N[C@H](C(=O)O)C(C)C)ccc3c2c1. The Bertz CT molecular complexity index is 1280. The number of anilines is 1. The van der Waals surface area contributed by atoms with Gasteiger partial charge in [0.15, 0.2) is 0 Å². The normalized spacial score (nSPS) is 12.8. The summed E-state index contributed by atoms with van der Waals surface area (Å²) in [7, 11) is -4.08. The fourth-order valence-corrected chi connectivity index (χ4v) is 4.91. The van der Waals surface area contributed by atoms with E-state index in [0.29, 0.717) is 34.2 Å². The second kappa shape index (κ2) is 10.9. The van der Waals surface area contributed by atoms with Crippen molar-refractivity contribution in [3.8, 4) is 0 Å². The average Bonchev–Trinajstić information content (AvgIpc) is 3.14. The van der Waals surface area contributed by atoms with Gasteiger partial charge in [-0.15, -0.1) is 0 Å². The van der Waals surface area contributed by atoms with Gasteiger partial charge >= 0.3 is 12.1 Å². The molecular formula is C24H30N2O7S. The third kappa shape index (κ3) is 6.06. The van der Waals surface area contributed by atoms with Crippen molar-refractivity contribution in [1.29, 1.82) is 0 Å². The van der Waals surface area contributed by atoms with Crippen LogP contribution in [0.3, 0.4) is 0 Å². The topological polar surface area (TPSA) is 135 Å². The second-order valence-electron chi connectivity index (χ2n) is 8.47. The molecule has 0 unspecified atom stereocenters.